The van der Waals surface area contributed by atoms with Crippen LogP contribution in [0, 0.1) is 0 Å². The number of hydrogen-bond acceptors (Lipinski definition) is 2. The summed E-state index contributed by atoms with van der Waals surface area (Å²) in [6, 6.07) is 35.0. The Kier molecular flexibility index (Phi) is 8.01. The van der Waals surface area contributed by atoms with Gasteiger partial charge in [-0.25, -0.2) is 0 Å². The van der Waals surface area contributed by atoms with Gasteiger partial charge in [-0.1, -0.05) is 109 Å². The number of benzene rings is 4. The monoisotopic (exact) mass is 458 g/mol. The first-order chi connectivity index (χ1) is 17.1. The van der Waals surface area contributed by atoms with E-state index in [0.29, 0.717) is 11.4 Å². The van der Waals surface area contributed by atoms with Crippen molar-refractivity contribution >= 4 is 47.5 Å². The van der Waals surface area contributed by atoms with Gasteiger partial charge in [0.25, 0.3) is 0 Å². The Morgan fingerprint density at radius 3 is 1.11 bits per heavy atom. The van der Waals surface area contributed by atoms with Crippen LogP contribution >= 0.6 is 0 Å². The van der Waals surface area contributed by atoms with Crippen LogP contribution in [0.3, 0.4) is 0 Å². The molecule has 4 aromatic carbocycles. The van der Waals surface area contributed by atoms with Crippen molar-refractivity contribution in [3.05, 3.63) is 131 Å². The van der Waals surface area contributed by atoms with Gasteiger partial charge in [0.2, 0.25) is 11.8 Å². The fourth-order valence-corrected chi connectivity index (χ4v) is 3.42. The summed E-state index contributed by atoms with van der Waals surface area (Å²) in [4.78, 5) is 24.6. The Morgan fingerprint density at radius 2 is 0.771 bits per heavy atom. The zero-order chi connectivity index (χ0) is 24.3. The summed E-state index contributed by atoms with van der Waals surface area (Å²) in [7, 11) is 0. The van der Waals surface area contributed by atoms with Gasteiger partial charge in [-0.05, 0) is 46.5 Å². The van der Waals surface area contributed by atoms with Crippen LogP contribution in [0.15, 0.2) is 109 Å². The maximum Gasteiger partial charge on any atom is 0.233 e. The Labute approximate surface area is 205 Å². The molecule has 0 atom stereocenters. The molecule has 0 saturated heterocycles. The van der Waals surface area contributed by atoms with E-state index in [4.69, 9.17) is 0 Å². The van der Waals surface area contributed by atoms with Gasteiger partial charge in [0.1, 0.15) is 6.42 Å². The first kappa shape index (κ1) is 23.5. The molecule has 0 radical (unpaired) electrons. The van der Waals surface area contributed by atoms with Crippen LogP contribution in [0.2, 0.25) is 0 Å². The normalized spacial score (nSPS) is 11.0. The van der Waals surface area contributed by atoms with Gasteiger partial charge in [-0.15, -0.1) is 0 Å². The van der Waals surface area contributed by atoms with Crippen molar-refractivity contribution in [3.63, 3.8) is 0 Å². The number of amides is 2. The molecule has 2 N–H and O–H groups in total. The average molecular weight is 459 g/mol. The maximum absolute atomic E-state index is 12.3. The summed E-state index contributed by atoms with van der Waals surface area (Å²) in [5.41, 5.74) is 5.57. The molecule has 0 unspecified atom stereocenters. The first-order valence-corrected chi connectivity index (χ1v) is 11.4. The molecule has 0 heterocycles. The Hall–Kier alpha value is -4.70. The highest BCUT2D eigenvalue weighted by atomic mass is 16.2. The van der Waals surface area contributed by atoms with Crippen molar-refractivity contribution in [1.29, 1.82) is 0 Å². The number of rotatable bonds is 8. The highest BCUT2D eigenvalue weighted by Gasteiger charge is 2.10. The van der Waals surface area contributed by atoms with Gasteiger partial charge in [-0.3, -0.25) is 9.59 Å². The Morgan fingerprint density at radius 1 is 0.457 bits per heavy atom. The number of hydrogen-bond donors (Lipinski definition) is 2. The second-order valence-electron chi connectivity index (χ2n) is 8.01. The standard InChI is InChI=1S/C31H26N2O2/c34-30(32-28-19-15-26(16-20-28)13-11-24-7-3-1-4-8-24)23-31(35)33-29-21-17-27(18-22-29)14-12-25-9-5-2-6-10-25/h1-22H,23H2,(H,32,34)(H,33,35). The van der Waals surface area contributed by atoms with Crippen LogP contribution in [0.4, 0.5) is 11.4 Å². The third-order valence-electron chi connectivity index (χ3n) is 5.25. The minimum atomic E-state index is -0.363. The minimum Gasteiger partial charge on any atom is -0.326 e. The molecular weight excluding hydrogens is 432 g/mol. The van der Waals surface area contributed by atoms with Gasteiger partial charge in [0, 0.05) is 11.4 Å². The van der Waals surface area contributed by atoms with Gasteiger partial charge < -0.3 is 10.6 Å². The summed E-state index contributed by atoms with van der Waals surface area (Å²) >= 11 is 0. The Balaban J connectivity index is 1.24. The molecule has 4 rings (SSSR count). The van der Waals surface area contributed by atoms with E-state index in [9.17, 15) is 9.59 Å². The molecule has 0 spiro atoms. The van der Waals surface area contributed by atoms with Crippen LogP contribution in [0.25, 0.3) is 24.3 Å². The molecule has 0 fully saturated rings. The highest BCUT2D eigenvalue weighted by Crippen LogP contribution is 2.15. The molecule has 0 aromatic heterocycles. The summed E-state index contributed by atoms with van der Waals surface area (Å²) in [5, 5.41) is 5.54. The number of carbonyl (C=O) groups is 2. The van der Waals surface area contributed by atoms with Crippen molar-refractivity contribution in [2.45, 2.75) is 6.42 Å². The second-order valence-corrected chi connectivity index (χ2v) is 8.01. The van der Waals surface area contributed by atoms with E-state index in [1.165, 1.54) is 0 Å². The predicted molar refractivity (Wildman–Crippen MR) is 146 cm³/mol. The molecule has 0 aliphatic carbocycles. The SMILES string of the molecule is O=C(CC(=O)Nc1ccc(C=Cc2ccccc2)cc1)Nc1ccc(C=Cc2ccccc2)cc1. The third-order valence-corrected chi connectivity index (χ3v) is 5.25. The van der Waals surface area contributed by atoms with Crippen molar-refractivity contribution in [2.75, 3.05) is 10.6 Å². The fourth-order valence-electron chi connectivity index (χ4n) is 3.42. The lowest BCUT2D eigenvalue weighted by molar-refractivity contribution is -0.123. The van der Waals surface area contributed by atoms with E-state index in [2.05, 4.69) is 10.6 Å². The smallest absolute Gasteiger partial charge is 0.233 e. The first-order valence-electron chi connectivity index (χ1n) is 11.4. The Bertz CT molecular complexity index is 1200. The largest absolute Gasteiger partial charge is 0.326 e. The average Bonchev–Trinajstić information content (AvgIpc) is 2.89. The summed E-state index contributed by atoms with van der Waals surface area (Å²) < 4.78 is 0. The molecule has 4 nitrogen and oxygen atoms in total. The molecule has 4 heteroatoms. The van der Waals surface area contributed by atoms with Crippen LogP contribution in [-0.4, -0.2) is 11.8 Å². The number of anilines is 2. The van der Waals surface area contributed by atoms with E-state index in [-0.39, 0.29) is 18.2 Å². The zero-order valence-corrected chi connectivity index (χ0v) is 19.2. The molecule has 172 valence electrons. The van der Waals surface area contributed by atoms with Crippen molar-refractivity contribution in [3.8, 4) is 0 Å². The zero-order valence-electron chi connectivity index (χ0n) is 19.2. The predicted octanol–water partition coefficient (Wildman–Crippen LogP) is 6.99. The molecule has 0 bridgehead atoms. The van der Waals surface area contributed by atoms with Gasteiger partial charge in [0.15, 0.2) is 0 Å². The van der Waals surface area contributed by atoms with Crippen molar-refractivity contribution in [2.24, 2.45) is 0 Å². The summed E-state index contributed by atoms with van der Waals surface area (Å²) in [6.07, 6.45) is 7.83. The molecule has 0 saturated carbocycles. The van der Waals surface area contributed by atoms with Crippen molar-refractivity contribution < 1.29 is 9.59 Å². The second kappa shape index (κ2) is 12.0. The van der Waals surface area contributed by atoms with Crippen LogP contribution in [0.5, 0.6) is 0 Å². The fraction of sp³-hybridized carbons (Fsp3) is 0.0323. The maximum atomic E-state index is 12.3. The van der Waals surface area contributed by atoms with Crippen molar-refractivity contribution in [1.82, 2.24) is 0 Å². The summed E-state index contributed by atoms with van der Waals surface area (Å²) in [6.45, 7) is 0. The van der Waals surface area contributed by atoms with E-state index in [1.807, 2.05) is 133 Å². The van der Waals surface area contributed by atoms with E-state index in [0.717, 1.165) is 22.3 Å². The van der Waals surface area contributed by atoms with Gasteiger partial charge in [-0.2, -0.15) is 0 Å². The van der Waals surface area contributed by atoms with Crippen LogP contribution in [-0.2, 0) is 9.59 Å². The molecule has 0 aliphatic heterocycles. The van der Waals surface area contributed by atoms with Gasteiger partial charge >= 0.3 is 0 Å². The minimum absolute atomic E-state index is 0.259. The molecule has 4 aromatic rings. The molecule has 35 heavy (non-hydrogen) atoms. The summed E-state index contributed by atoms with van der Waals surface area (Å²) in [5.74, 6) is -0.727. The van der Waals surface area contributed by atoms with Crippen LogP contribution < -0.4 is 10.6 Å². The number of carbonyl (C=O) groups excluding carboxylic acids is 2. The quantitative estimate of drug-likeness (QED) is 0.221. The van der Waals surface area contributed by atoms with E-state index >= 15 is 0 Å². The van der Waals surface area contributed by atoms with Crippen LogP contribution in [0.1, 0.15) is 28.7 Å². The molecule has 0 aliphatic rings. The lowest BCUT2D eigenvalue weighted by Crippen LogP contribution is -2.21. The lowest BCUT2D eigenvalue weighted by atomic mass is 10.1. The van der Waals surface area contributed by atoms with E-state index < -0.39 is 0 Å². The highest BCUT2D eigenvalue weighted by molar-refractivity contribution is 6.08. The van der Waals surface area contributed by atoms with E-state index in [1.54, 1.807) is 0 Å². The third kappa shape index (κ3) is 7.69. The molecule has 2 amide bonds. The number of nitrogens with one attached hydrogen (secondary N) is 2. The lowest BCUT2D eigenvalue weighted by Gasteiger charge is -2.07. The van der Waals surface area contributed by atoms with Gasteiger partial charge in [0.05, 0.1) is 0 Å². The molecular formula is C31H26N2O2. The topological polar surface area (TPSA) is 58.2 Å².